The molecule has 0 fully saturated rings. The molecule has 0 aliphatic rings. The van der Waals surface area contributed by atoms with Crippen molar-refractivity contribution in [3.63, 3.8) is 0 Å². The highest BCUT2D eigenvalue weighted by Crippen LogP contribution is 2.22. The van der Waals surface area contributed by atoms with Gasteiger partial charge in [0.1, 0.15) is 5.82 Å². The maximum absolute atomic E-state index is 13.2. The number of aromatic amines is 1. The van der Waals surface area contributed by atoms with Gasteiger partial charge in [-0.05, 0) is 29.2 Å². The van der Waals surface area contributed by atoms with Crippen LogP contribution in [-0.4, -0.2) is 48.0 Å². The van der Waals surface area contributed by atoms with Crippen LogP contribution >= 0.6 is 11.8 Å². The largest absolute Gasteiger partial charge is 0.383 e. The highest BCUT2D eigenvalue weighted by Gasteiger charge is 2.24. The Morgan fingerprint density at radius 1 is 1.19 bits per heavy atom. The predicted octanol–water partition coefficient (Wildman–Crippen LogP) is 1.88. The minimum absolute atomic E-state index is 0.0201. The van der Waals surface area contributed by atoms with Gasteiger partial charge in [0.2, 0.25) is 11.1 Å². The first-order valence-electron chi connectivity index (χ1n) is 11.1. The van der Waals surface area contributed by atoms with Crippen LogP contribution < -0.4 is 21.9 Å². The number of hydrogen-bond donors (Lipinski definition) is 2. The van der Waals surface area contributed by atoms with Gasteiger partial charge in [-0.3, -0.25) is 19.1 Å². The van der Waals surface area contributed by atoms with Crippen molar-refractivity contribution in [2.75, 3.05) is 22.9 Å². The number of rotatable bonds is 13. The van der Waals surface area contributed by atoms with Gasteiger partial charge in [-0.15, -0.1) is 5.10 Å². The second-order valence-electron chi connectivity index (χ2n) is 8.08. The molecule has 0 aliphatic carbocycles. The molecule has 11 nitrogen and oxygen atoms in total. The quantitative estimate of drug-likeness (QED) is 0.336. The fourth-order valence-corrected chi connectivity index (χ4v) is 3.98. The van der Waals surface area contributed by atoms with Crippen LogP contribution in [0.5, 0.6) is 0 Å². The Kier molecular flexibility index (Phi) is 9.95. The Bertz CT molecular complexity index is 997. The van der Waals surface area contributed by atoms with Crippen molar-refractivity contribution in [2.45, 2.75) is 78.0 Å². The normalized spacial score (nSPS) is 11.3. The number of anilines is 2. The zero-order chi connectivity index (χ0) is 23.7. The van der Waals surface area contributed by atoms with Crippen LogP contribution in [0.1, 0.15) is 59.8 Å². The van der Waals surface area contributed by atoms with Crippen molar-refractivity contribution < 1.29 is 4.79 Å². The third-order valence-electron chi connectivity index (χ3n) is 4.87. The molecule has 0 radical (unpaired) electrons. The fourth-order valence-electron chi connectivity index (χ4n) is 3.22. The molecule has 0 saturated carbocycles. The van der Waals surface area contributed by atoms with E-state index in [1.165, 1.54) is 21.2 Å². The summed E-state index contributed by atoms with van der Waals surface area (Å²) in [5, 5.41) is 12.2. The monoisotopic (exact) mass is 466 g/mol. The van der Waals surface area contributed by atoms with E-state index >= 15 is 0 Å². The Hall–Kier alpha value is -2.63. The molecule has 2 rings (SSSR count). The number of tetrazole rings is 1. The minimum atomic E-state index is -0.653. The molecule has 3 N–H and O–H groups in total. The molecule has 0 atom stereocenters. The molecule has 0 bridgehead atoms. The number of H-pyrrole nitrogens is 1. The molecule has 2 heterocycles. The summed E-state index contributed by atoms with van der Waals surface area (Å²) in [6.45, 7) is 9.52. The molecule has 12 heteroatoms. The van der Waals surface area contributed by atoms with E-state index in [0.29, 0.717) is 37.1 Å². The van der Waals surface area contributed by atoms with E-state index in [4.69, 9.17) is 5.73 Å². The van der Waals surface area contributed by atoms with Crippen molar-refractivity contribution >= 4 is 29.2 Å². The van der Waals surface area contributed by atoms with Gasteiger partial charge in [-0.1, -0.05) is 58.7 Å². The van der Waals surface area contributed by atoms with E-state index in [2.05, 4.69) is 41.3 Å². The lowest BCUT2D eigenvalue weighted by Crippen LogP contribution is -2.42. The Labute approximate surface area is 191 Å². The Balaban J connectivity index is 2.32. The molecule has 178 valence electrons. The van der Waals surface area contributed by atoms with Gasteiger partial charge in [-0.25, -0.2) is 9.48 Å². The van der Waals surface area contributed by atoms with Crippen LogP contribution in [0.15, 0.2) is 14.7 Å². The van der Waals surface area contributed by atoms with Gasteiger partial charge >= 0.3 is 5.69 Å². The van der Waals surface area contributed by atoms with Gasteiger partial charge in [0.05, 0.1) is 5.75 Å². The molecule has 0 saturated heterocycles. The molecular weight excluding hydrogens is 432 g/mol. The van der Waals surface area contributed by atoms with Crippen molar-refractivity contribution in [2.24, 2.45) is 5.92 Å². The summed E-state index contributed by atoms with van der Waals surface area (Å²) < 4.78 is 2.99. The van der Waals surface area contributed by atoms with E-state index in [9.17, 15) is 14.4 Å². The third-order valence-corrected chi connectivity index (χ3v) is 5.81. The van der Waals surface area contributed by atoms with E-state index in [0.717, 1.165) is 25.7 Å². The summed E-state index contributed by atoms with van der Waals surface area (Å²) in [4.78, 5) is 41.9. The number of amides is 1. The zero-order valence-electron chi connectivity index (χ0n) is 19.3. The number of nitrogens with zero attached hydrogens (tertiary/aromatic N) is 6. The maximum atomic E-state index is 13.2. The van der Waals surface area contributed by atoms with Crippen LogP contribution in [0.25, 0.3) is 0 Å². The minimum Gasteiger partial charge on any atom is -0.383 e. The van der Waals surface area contributed by atoms with Gasteiger partial charge in [-0.2, -0.15) is 0 Å². The standard InChI is InChI=1S/C20H34N8O3S/c1-5-7-9-11-26(15(29)13-32-20-23-24-25-28(20)12-14(3)4)16-17(21)27(10-8-6-2)19(31)22-18(16)30/h14H,5-13,21H2,1-4H3,(H,22,30,31). The summed E-state index contributed by atoms with van der Waals surface area (Å²) in [5.74, 6) is 0.119. The Morgan fingerprint density at radius 2 is 1.91 bits per heavy atom. The van der Waals surface area contributed by atoms with E-state index in [-0.39, 0.29) is 23.2 Å². The maximum Gasteiger partial charge on any atom is 0.330 e. The predicted molar refractivity (Wildman–Crippen MR) is 126 cm³/mol. The lowest BCUT2D eigenvalue weighted by Gasteiger charge is -2.24. The second-order valence-corrected chi connectivity index (χ2v) is 9.02. The molecule has 1 amide bonds. The Morgan fingerprint density at radius 3 is 2.56 bits per heavy atom. The number of carbonyl (C=O) groups excluding carboxylic acids is 1. The molecule has 0 aliphatic heterocycles. The summed E-state index contributed by atoms with van der Waals surface area (Å²) in [6, 6.07) is 0. The van der Waals surface area contributed by atoms with E-state index in [1.807, 2.05) is 6.92 Å². The SMILES string of the molecule is CCCCCN(C(=O)CSc1nnnn1CC(C)C)c1c(N)n(CCCC)c(=O)[nH]c1=O. The first-order chi connectivity index (χ1) is 15.3. The number of nitrogen functional groups attached to an aromatic ring is 1. The number of nitrogens with one attached hydrogen (secondary N) is 1. The molecule has 2 aromatic heterocycles. The van der Waals surface area contributed by atoms with Crippen molar-refractivity contribution in [3.05, 3.63) is 20.8 Å². The van der Waals surface area contributed by atoms with Gasteiger partial charge < -0.3 is 10.6 Å². The number of thioether (sulfide) groups is 1. The van der Waals surface area contributed by atoms with Crippen LogP contribution in [0.3, 0.4) is 0 Å². The number of aromatic nitrogens is 6. The first kappa shape index (κ1) is 25.6. The summed E-state index contributed by atoms with van der Waals surface area (Å²) >= 11 is 1.21. The molecule has 0 unspecified atom stereocenters. The number of nitrogens with two attached hydrogens (primary N) is 1. The number of unbranched alkanes of at least 4 members (excludes halogenated alkanes) is 3. The molecule has 0 spiro atoms. The lowest BCUT2D eigenvalue weighted by atomic mass is 10.2. The van der Waals surface area contributed by atoms with Gasteiger partial charge in [0.15, 0.2) is 5.69 Å². The van der Waals surface area contributed by atoms with Crippen molar-refractivity contribution in [1.29, 1.82) is 0 Å². The fraction of sp³-hybridized carbons (Fsp3) is 0.700. The highest BCUT2D eigenvalue weighted by atomic mass is 32.2. The smallest absolute Gasteiger partial charge is 0.330 e. The molecular formula is C20H34N8O3S. The van der Waals surface area contributed by atoms with Crippen LogP contribution in [0, 0.1) is 5.92 Å². The second kappa shape index (κ2) is 12.4. The average Bonchev–Trinajstić information content (AvgIpc) is 3.16. The van der Waals surface area contributed by atoms with Crippen LogP contribution in [0.4, 0.5) is 11.5 Å². The topological polar surface area (TPSA) is 145 Å². The average molecular weight is 467 g/mol. The van der Waals surface area contributed by atoms with E-state index in [1.54, 1.807) is 4.68 Å². The highest BCUT2D eigenvalue weighted by molar-refractivity contribution is 7.99. The number of carbonyl (C=O) groups is 1. The van der Waals surface area contributed by atoms with Gasteiger partial charge in [0, 0.05) is 19.6 Å². The van der Waals surface area contributed by atoms with Crippen molar-refractivity contribution in [3.8, 4) is 0 Å². The van der Waals surface area contributed by atoms with Crippen molar-refractivity contribution in [1.82, 2.24) is 29.8 Å². The lowest BCUT2D eigenvalue weighted by molar-refractivity contribution is -0.116. The van der Waals surface area contributed by atoms with Gasteiger partial charge in [0.25, 0.3) is 5.56 Å². The molecule has 2 aromatic rings. The summed E-state index contributed by atoms with van der Waals surface area (Å²) in [7, 11) is 0. The molecule has 32 heavy (non-hydrogen) atoms. The zero-order valence-corrected chi connectivity index (χ0v) is 20.2. The van der Waals surface area contributed by atoms with Crippen LogP contribution in [-0.2, 0) is 17.9 Å². The third kappa shape index (κ3) is 6.68. The first-order valence-corrected chi connectivity index (χ1v) is 12.1. The summed E-state index contributed by atoms with van der Waals surface area (Å²) in [6.07, 6.45) is 4.17. The van der Waals surface area contributed by atoms with E-state index < -0.39 is 11.2 Å². The summed E-state index contributed by atoms with van der Waals surface area (Å²) in [5.41, 5.74) is 5.06. The number of hydrogen-bond acceptors (Lipinski definition) is 8. The molecule has 0 aromatic carbocycles. The van der Waals surface area contributed by atoms with Crippen LogP contribution in [0.2, 0.25) is 0 Å².